The Kier molecular flexibility index (Phi) is 3.17. The van der Waals surface area contributed by atoms with Gasteiger partial charge in [0.15, 0.2) is 5.82 Å². The Labute approximate surface area is 121 Å². The number of aromatic amines is 1. The first-order valence-electron chi connectivity index (χ1n) is 5.81. The molecule has 1 N–H and O–H groups in total. The lowest BCUT2D eigenvalue weighted by molar-refractivity contribution is 0.547. The van der Waals surface area contributed by atoms with Crippen LogP contribution in [0.25, 0.3) is 22.3 Å². The molecule has 0 saturated carbocycles. The Morgan fingerprint density at radius 3 is 2.57 bits per heavy atom. The molecule has 0 unspecified atom stereocenters. The van der Waals surface area contributed by atoms with Crippen molar-refractivity contribution in [3.63, 3.8) is 0 Å². The summed E-state index contributed by atoms with van der Waals surface area (Å²) in [4.78, 5) is 18.1. The summed E-state index contributed by atoms with van der Waals surface area (Å²) in [6.45, 7) is 0. The lowest BCUT2D eigenvalue weighted by atomic mass is 10.1. The number of para-hydroxylation sites is 1. The molecule has 106 valence electrons. The quantitative estimate of drug-likeness (QED) is 0.551. The van der Waals surface area contributed by atoms with Crippen molar-refractivity contribution in [1.82, 2.24) is 9.97 Å². The molecule has 7 heteroatoms. The van der Waals surface area contributed by atoms with Gasteiger partial charge in [0, 0.05) is 6.07 Å². The van der Waals surface area contributed by atoms with Crippen molar-refractivity contribution in [3.05, 3.63) is 63.2 Å². The van der Waals surface area contributed by atoms with Gasteiger partial charge in [0.25, 0.3) is 5.56 Å². The molecule has 0 aliphatic heterocycles. The molecule has 0 amide bonds. The third kappa shape index (κ3) is 2.17. The Morgan fingerprint density at radius 1 is 1.10 bits per heavy atom. The van der Waals surface area contributed by atoms with E-state index in [1.54, 1.807) is 12.1 Å². The molecule has 2 aromatic carbocycles. The molecule has 3 rings (SSSR count). The molecule has 3 aromatic rings. The van der Waals surface area contributed by atoms with E-state index in [9.17, 15) is 18.0 Å². The number of halogens is 4. The van der Waals surface area contributed by atoms with E-state index in [1.807, 2.05) is 0 Å². The van der Waals surface area contributed by atoms with Crippen LogP contribution in [-0.2, 0) is 0 Å². The molecule has 0 bridgehead atoms. The van der Waals surface area contributed by atoms with Crippen LogP contribution in [0.15, 0.2) is 35.1 Å². The number of nitrogens with zero attached hydrogens (tertiary/aromatic N) is 1. The van der Waals surface area contributed by atoms with Crippen molar-refractivity contribution in [2.24, 2.45) is 0 Å². The van der Waals surface area contributed by atoms with Gasteiger partial charge in [0.2, 0.25) is 0 Å². The second-order valence-corrected chi connectivity index (χ2v) is 4.65. The van der Waals surface area contributed by atoms with Crippen molar-refractivity contribution in [2.45, 2.75) is 0 Å². The largest absolute Gasteiger partial charge is 0.306 e. The fourth-order valence-electron chi connectivity index (χ4n) is 1.99. The van der Waals surface area contributed by atoms with Gasteiger partial charge >= 0.3 is 0 Å². The minimum absolute atomic E-state index is 0.260. The predicted octanol–water partition coefficient (Wildman–Crippen LogP) is 3.66. The van der Waals surface area contributed by atoms with Crippen molar-refractivity contribution in [3.8, 4) is 11.4 Å². The molecule has 0 aliphatic carbocycles. The van der Waals surface area contributed by atoms with Gasteiger partial charge < -0.3 is 4.98 Å². The fraction of sp³-hybridized carbons (Fsp3) is 0. The first-order chi connectivity index (χ1) is 9.99. The molecule has 0 atom stereocenters. The van der Waals surface area contributed by atoms with Crippen LogP contribution in [0.2, 0.25) is 5.02 Å². The molecule has 1 aromatic heterocycles. The Bertz CT molecular complexity index is 924. The first-order valence-corrected chi connectivity index (χ1v) is 6.19. The van der Waals surface area contributed by atoms with E-state index in [2.05, 4.69) is 9.97 Å². The number of fused-ring (bicyclic) bond motifs is 1. The molecule has 3 nitrogen and oxygen atoms in total. The zero-order valence-corrected chi connectivity index (χ0v) is 11.0. The Hall–Kier alpha value is -2.34. The van der Waals surface area contributed by atoms with Crippen LogP contribution in [0, 0.1) is 17.5 Å². The van der Waals surface area contributed by atoms with Gasteiger partial charge in [-0.1, -0.05) is 23.7 Å². The van der Waals surface area contributed by atoms with E-state index in [-0.39, 0.29) is 16.7 Å². The smallest absolute Gasteiger partial charge is 0.259 e. The summed E-state index contributed by atoms with van der Waals surface area (Å²) >= 11 is 5.43. The number of hydrogen-bond donors (Lipinski definition) is 1. The normalized spacial score (nSPS) is 11.0. The molecule has 1 heterocycles. The van der Waals surface area contributed by atoms with Crippen LogP contribution < -0.4 is 5.56 Å². The summed E-state index contributed by atoms with van der Waals surface area (Å²) in [5.74, 6) is -4.09. The highest BCUT2D eigenvalue weighted by Gasteiger charge is 2.21. The summed E-state index contributed by atoms with van der Waals surface area (Å²) < 4.78 is 40.9. The van der Waals surface area contributed by atoms with Crippen LogP contribution in [0.4, 0.5) is 13.2 Å². The fourth-order valence-corrected chi connectivity index (χ4v) is 2.14. The van der Waals surface area contributed by atoms with E-state index in [0.29, 0.717) is 6.07 Å². The highest BCUT2D eigenvalue weighted by atomic mass is 35.5. The standard InChI is InChI=1S/C14H6ClF3N2O/c15-11-8(17)5-7(16)10(12(11)18)13-19-9-4-2-1-3-6(9)14(21)20-13/h1-5H,(H,19,20,21). The molecular formula is C14H6ClF3N2O. The predicted molar refractivity (Wildman–Crippen MR) is 72.7 cm³/mol. The van der Waals surface area contributed by atoms with E-state index >= 15 is 0 Å². The monoisotopic (exact) mass is 310 g/mol. The number of H-pyrrole nitrogens is 1. The van der Waals surface area contributed by atoms with Crippen LogP contribution in [0.1, 0.15) is 0 Å². The van der Waals surface area contributed by atoms with Crippen LogP contribution in [-0.4, -0.2) is 9.97 Å². The zero-order valence-electron chi connectivity index (χ0n) is 10.3. The van der Waals surface area contributed by atoms with Crippen molar-refractivity contribution in [1.29, 1.82) is 0 Å². The van der Waals surface area contributed by atoms with Gasteiger partial charge in [-0.15, -0.1) is 0 Å². The van der Waals surface area contributed by atoms with Gasteiger partial charge in [-0.2, -0.15) is 0 Å². The average molecular weight is 311 g/mol. The van der Waals surface area contributed by atoms with Crippen LogP contribution in [0.5, 0.6) is 0 Å². The average Bonchev–Trinajstić information content (AvgIpc) is 2.45. The minimum atomic E-state index is -1.31. The molecule has 0 fully saturated rings. The number of rotatable bonds is 1. The van der Waals surface area contributed by atoms with Crippen molar-refractivity contribution in [2.75, 3.05) is 0 Å². The number of hydrogen-bond acceptors (Lipinski definition) is 2. The summed E-state index contributed by atoms with van der Waals surface area (Å²) in [6, 6.07) is 6.75. The second kappa shape index (κ2) is 4.89. The van der Waals surface area contributed by atoms with E-state index in [1.165, 1.54) is 12.1 Å². The van der Waals surface area contributed by atoms with Gasteiger partial charge in [-0.25, -0.2) is 18.2 Å². The molecule has 21 heavy (non-hydrogen) atoms. The maximum absolute atomic E-state index is 14.0. The molecule has 0 spiro atoms. The molecule has 0 radical (unpaired) electrons. The van der Waals surface area contributed by atoms with Gasteiger partial charge in [-0.05, 0) is 12.1 Å². The molecule has 0 saturated heterocycles. The maximum atomic E-state index is 14.0. The number of aromatic nitrogens is 2. The second-order valence-electron chi connectivity index (χ2n) is 4.27. The van der Waals surface area contributed by atoms with E-state index < -0.39 is 33.6 Å². The number of benzene rings is 2. The van der Waals surface area contributed by atoms with E-state index in [4.69, 9.17) is 11.6 Å². The zero-order chi connectivity index (χ0) is 15.1. The third-order valence-corrected chi connectivity index (χ3v) is 3.31. The van der Waals surface area contributed by atoms with Crippen molar-refractivity contribution >= 4 is 22.5 Å². The Balaban J connectivity index is 2.36. The maximum Gasteiger partial charge on any atom is 0.259 e. The summed E-state index contributed by atoms with van der Waals surface area (Å²) in [5.41, 5.74) is -0.977. The summed E-state index contributed by atoms with van der Waals surface area (Å²) in [6.07, 6.45) is 0. The SMILES string of the molecule is O=c1[nH]c(-c2c(F)cc(F)c(Cl)c2F)nc2ccccc12. The van der Waals surface area contributed by atoms with Crippen molar-refractivity contribution < 1.29 is 13.2 Å². The highest BCUT2D eigenvalue weighted by molar-refractivity contribution is 6.31. The molecule has 0 aliphatic rings. The van der Waals surface area contributed by atoms with Gasteiger partial charge in [-0.3, -0.25) is 4.79 Å². The lowest BCUT2D eigenvalue weighted by Gasteiger charge is -2.07. The van der Waals surface area contributed by atoms with E-state index in [0.717, 1.165) is 0 Å². The third-order valence-electron chi connectivity index (χ3n) is 2.96. The first kappa shape index (κ1) is 13.6. The topological polar surface area (TPSA) is 45.8 Å². The van der Waals surface area contributed by atoms with Gasteiger partial charge in [0.1, 0.15) is 22.5 Å². The number of nitrogens with one attached hydrogen (secondary N) is 1. The lowest BCUT2D eigenvalue weighted by Crippen LogP contribution is -2.11. The Morgan fingerprint density at radius 2 is 1.81 bits per heavy atom. The highest BCUT2D eigenvalue weighted by Crippen LogP contribution is 2.30. The molecular weight excluding hydrogens is 305 g/mol. The summed E-state index contributed by atoms with van der Waals surface area (Å²) in [5, 5.41) is -0.586. The summed E-state index contributed by atoms with van der Waals surface area (Å²) in [7, 11) is 0. The van der Waals surface area contributed by atoms with Crippen LogP contribution in [0.3, 0.4) is 0 Å². The van der Waals surface area contributed by atoms with Gasteiger partial charge in [0.05, 0.1) is 16.5 Å². The van der Waals surface area contributed by atoms with Crippen LogP contribution >= 0.6 is 11.6 Å². The minimum Gasteiger partial charge on any atom is -0.306 e.